The van der Waals surface area contributed by atoms with E-state index in [1.165, 1.54) is 18.6 Å². The Hall–Kier alpha value is -0.970. The molecule has 0 fully saturated rings. The molecule has 21 heavy (non-hydrogen) atoms. The minimum absolute atomic E-state index is 0.266. The van der Waals surface area contributed by atoms with Gasteiger partial charge >= 0.3 is 0 Å². The molecule has 0 saturated carbocycles. The lowest BCUT2D eigenvalue weighted by molar-refractivity contribution is 0.166. The van der Waals surface area contributed by atoms with Crippen molar-refractivity contribution in [3.8, 4) is 0 Å². The Morgan fingerprint density at radius 1 is 1.10 bits per heavy atom. The van der Waals surface area contributed by atoms with E-state index in [1.54, 1.807) is 12.1 Å². The Balaban J connectivity index is 2.05. The average Bonchev–Trinajstić information content (AvgIpc) is 2.50. The monoisotopic (exact) mass is 296 g/mol. The molecule has 0 aliphatic rings. The van der Waals surface area contributed by atoms with E-state index in [4.69, 9.17) is 0 Å². The fourth-order valence-electron chi connectivity index (χ4n) is 2.34. The Morgan fingerprint density at radius 3 is 2.38 bits per heavy atom. The van der Waals surface area contributed by atoms with Crippen LogP contribution in [0.3, 0.4) is 0 Å². The molecule has 0 bridgehead atoms. The lowest BCUT2D eigenvalue weighted by Crippen LogP contribution is -2.25. The fourth-order valence-corrected chi connectivity index (χ4v) is 2.34. The van der Waals surface area contributed by atoms with Gasteiger partial charge in [-0.15, -0.1) is 0 Å². The summed E-state index contributed by atoms with van der Waals surface area (Å²) in [6.07, 6.45) is 2.49. The highest BCUT2D eigenvalue weighted by molar-refractivity contribution is 5.18. The molecule has 120 valence electrons. The standard InChI is InChI=1S/C17H29FN2O/c1-3-20(4-2)14-6-5-12-19-13-11-17(21)15-7-9-16(18)10-8-15/h7-10,17,19,21H,3-6,11-14H2,1-2H3. The molecule has 1 atom stereocenters. The third kappa shape index (κ3) is 7.55. The summed E-state index contributed by atoms with van der Waals surface area (Å²) >= 11 is 0. The Bertz CT molecular complexity index is 366. The fraction of sp³-hybridized carbons (Fsp3) is 0.647. The van der Waals surface area contributed by atoms with Crippen molar-refractivity contribution in [3.05, 3.63) is 35.6 Å². The quantitative estimate of drug-likeness (QED) is 0.616. The van der Waals surface area contributed by atoms with Gasteiger partial charge in [0.25, 0.3) is 0 Å². The van der Waals surface area contributed by atoms with Crippen LogP contribution >= 0.6 is 0 Å². The number of aliphatic hydroxyl groups excluding tert-OH is 1. The molecular formula is C17H29FN2O. The normalized spacial score (nSPS) is 12.8. The van der Waals surface area contributed by atoms with Crippen molar-refractivity contribution in [1.82, 2.24) is 10.2 Å². The van der Waals surface area contributed by atoms with E-state index in [0.717, 1.165) is 44.7 Å². The molecule has 0 aliphatic heterocycles. The van der Waals surface area contributed by atoms with E-state index in [9.17, 15) is 9.50 Å². The third-order valence-electron chi connectivity index (χ3n) is 3.82. The Morgan fingerprint density at radius 2 is 1.76 bits per heavy atom. The summed E-state index contributed by atoms with van der Waals surface area (Å²) < 4.78 is 12.8. The number of hydrogen-bond acceptors (Lipinski definition) is 3. The van der Waals surface area contributed by atoms with Gasteiger partial charge in [-0.1, -0.05) is 26.0 Å². The third-order valence-corrected chi connectivity index (χ3v) is 3.82. The second kappa shape index (κ2) is 10.7. The van der Waals surface area contributed by atoms with Crippen LogP contribution in [0, 0.1) is 5.82 Å². The first-order chi connectivity index (χ1) is 10.2. The van der Waals surface area contributed by atoms with E-state index in [1.807, 2.05) is 0 Å². The molecule has 1 rings (SSSR count). The average molecular weight is 296 g/mol. The van der Waals surface area contributed by atoms with Crippen molar-refractivity contribution < 1.29 is 9.50 Å². The van der Waals surface area contributed by atoms with Gasteiger partial charge in [0.15, 0.2) is 0 Å². The summed E-state index contributed by atoms with van der Waals surface area (Å²) in [5.74, 6) is -0.266. The SMILES string of the molecule is CCN(CC)CCCCNCCC(O)c1ccc(F)cc1. The van der Waals surface area contributed by atoms with Gasteiger partial charge < -0.3 is 15.3 Å². The van der Waals surface area contributed by atoms with Gasteiger partial charge in [-0.3, -0.25) is 0 Å². The number of hydrogen-bond donors (Lipinski definition) is 2. The molecule has 4 heteroatoms. The minimum atomic E-state index is -0.520. The highest BCUT2D eigenvalue weighted by Gasteiger charge is 2.06. The Kier molecular flexibility index (Phi) is 9.22. The summed E-state index contributed by atoms with van der Waals surface area (Å²) in [4.78, 5) is 2.43. The van der Waals surface area contributed by atoms with Crippen LogP contribution in [0.4, 0.5) is 4.39 Å². The molecule has 0 radical (unpaired) electrons. The molecule has 1 unspecified atom stereocenters. The van der Waals surface area contributed by atoms with Crippen LogP contribution < -0.4 is 5.32 Å². The van der Waals surface area contributed by atoms with Crippen molar-refractivity contribution in [2.24, 2.45) is 0 Å². The maximum absolute atomic E-state index is 12.8. The van der Waals surface area contributed by atoms with Gasteiger partial charge in [0, 0.05) is 0 Å². The smallest absolute Gasteiger partial charge is 0.123 e. The van der Waals surface area contributed by atoms with E-state index >= 15 is 0 Å². The van der Waals surface area contributed by atoms with Crippen molar-refractivity contribution in [3.63, 3.8) is 0 Å². The molecule has 0 aromatic heterocycles. The molecule has 0 spiro atoms. The first-order valence-electron chi connectivity index (χ1n) is 8.04. The minimum Gasteiger partial charge on any atom is -0.388 e. The van der Waals surface area contributed by atoms with Crippen LogP contribution in [0.1, 0.15) is 44.8 Å². The molecule has 0 aliphatic carbocycles. The summed E-state index contributed by atoms with van der Waals surface area (Å²) in [7, 11) is 0. The van der Waals surface area contributed by atoms with Gasteiger partial charge in [0.2, 0.25) is 0 Å². The summed E-state index contributed by atoms with van der Waals surface area (Å²) in [6.45, 7) is 9.55. The van der Waals surface area contributed by atoms with Crippen molar-refractivity contribution >= 4 is 0 Å². The lowest BCUT2D eigenvalue weighted by atomic mass is 10.1. The predicted octanol–water partition coefficient (Wildman–Crippen LogP) is 2.96. The van der Waals surface area contributed by atoms with Gasteiger partial charge in [0.1, 0.15) is 5.82 Å². The number of nitrogens with one attached hydrogen (secondary N) is 1. The van der Waals surface area contributed by atoms with Crippen LogP contribution in [0.2, 0.25) is 0 Å². The number of aliphatic hydroxyl groups is 1. The molecule has 3 nitrogen and oxygen atoms in total. The lowest BCUT2D eigenvalue weighted by Gasteiger charge is -2.17. The topological polar surface area (TPSA) is 35.5 Å². The summed E-state index contributed by atoms with van der Waals surface area (Å²) in [6, 6.07) is 6.06. The van der Waals surface area contributed by atoms with Crippen LogP contribution in [-0.2, 0) is 0 Å². The maximum Gasteiger partial charge on any atom is 0.123 e. The summed E-state index contributed by atoms with van der Waals surface area (Å²) in [5.41, 5.74) is 0.778. The molecule has 2 N–H and O–H groups in total. The molecular weight excluding hydrogens is 267 g/mol. The van der Waals surface area contributed by atoms with Crippen LogP contribution in [0.5, 0.6) is 0 Å². The van der Waals surface area contributed by atoms with E-state index in [-0.39, 0.29) is 5.82 Å². The molecule has 1 aromatic rings. The number of benzene rings is 1. The van der Waals surface area contributed by atoms with Crippen LogP contribution in [-0.4, -0.2) is 42.7 Å². The zero-order valence-corrected chi connectivity index (χ0v) is 13.3. The van der Waals surface area contributed by atoms with E-state index in [0.29, 0.717) is 6.42 Å². The van der Waals surface area contributed by atoms with E-state index < -0.39 is 6.10 Å². The largest absolute Gasteiger partial charge is 0.388 e. The number of rotatable bonds is 11. The number of unbranched alkanes of at least 4 members (excludes halogenated alkanes) is 1. The van der Waals surface area contributed by atoms with Gasteiger partial charge in [0.05, 0.1) is 6.10 Å². The van der Waals surface area contributed by atoms with Gasteiger partial charge in [-0.2, -0.15) is 0 Å². The highest BCUT2D eigenvalue weighted by Crippen LogP contribution is 2.16. The molecule has 0 amide bonds. The second-order valence-corrected chi connectivity index (χ2v) is 5.34. The first-order valence-corrected chi connectivity index (χ1v) is 8.04. The van der Waals surface area contributed by atoms with Gasteiger partial charge in [-0.25, -0.2) is 4.39 Å². The highest BCUT2D eigenvalue weighted by atomic mass is 19.1. The van der Waals surface area contributed by atoms with Gasteiger partial charge in [-0.05, 0) is 69.7 Å². The van der Waals surface area contributed by atoms with Crippen molar-refractivity contribution in [1.29, 1.82) is 0 Å². The van der Waals surface area contributed by atoms with Crippen molar-refractivity contribution in [2.75, 3.05) is 32.7 Å². The molecule has 0 saturated heterocycles. The Labute approximate surface area is 128 Å². The zero-order valence-electron chi connectivity index (χ0n) is 13.3. The first kappa shape index (κ1) is 18.1. The predicted molar refractivity (Wildman–Crippen MR) is 85.9 cm³/mol. The zero-order chi connectivity index (χ0) is 15.5. The maximum atomic E-state index is 12.8. The van der Waals surface area contributed by atoms with Crippen LogP contribution in [0.25, 0.3) is 0 Å². The van der Waals surface area contributed by atoms with Crippen LogP contribution in [0.15, 0.2) is 24.3 Å². The molecule has 0 heterocycles. The van der Waals surface area contributed by atoms with Crippen molar-refractivity contribution in [2.45, 2.75) is 39.2 Å². The van der Waals surface area contributed by atoms with E-state index in [2.05, 4.69) is 24.1 Å². The molecule has 1 aromatic carbocycles. The second-order valence-electron chi connectivity index (χ2n) is 5.34. The number of nitrogens with zero attached hydrogens (tertiary/aromatic N) is 1. The summed E-state index contributed by atoms with van der Waals surface area (Å²) in [5, 5.41) is 13.3. The number of halogens is 1.